The van der Waals surface area contributed by atoms with Gasteiger partial charge in [0.1, 0.15) is 17.8 Å². The third kappa shape index (κ3) is 6.96. The molecule has 0 aromatic rings. The summed E-state index contributed by atoms with van der Waals surface area (Å²) < 4.78 is 10.9. The third-order valence-corrected chi connectivity index (χ3v) is 8.33. The molecule has 0 radical (unpaired) electrons. The minimum absolute atomic E-state index is 0.0902. The van der Waals surface area contributed by atoms with Gasteiger partial charge in [0.25, 0.3) is 0 Å². The van der Waals surface area contributed by atoms with E-state index in [1.807, 2.05) is 0 Å². The quantitative estimate of drug-likeness (QED) is 0.336. The van der Waals surface area contributed by atoms with Crippen molar-refractivity contribution in [2.45, 2.75) is 117 Å². The summed E-state index contributed by atoms with van der Waals surface area (Å²) in [6.07, 6.45) is 13.6. The largest absolute Gasteiger partial charge is 0.462 e. The van der Waals surface area contributed by atoms with Crippen LogP contribution >= 0.6 is 0 Å². The first-order valence-corrected chi connectivity index (χ1v) is 13.5. The fraction of sp³-hybridized carbons (Fsp3) is 0.700. The number of fused-ring (bicyclic) bond motifs is 1. The molecule has 0 amide bonds. The molecule has 3 aliphatic carbocycles. The molecule has 0 aromatic heterocycles. The van der Waals surface area contributed by atoms with Gasteiger partial charge in [0.05, 0.1) is 0 Å². The zero-order valence-corrected chi connectivity index (χ0v) is 22.9. The third-order valence-electron chi connectivity index (χ3n) is 8.33. The molecule has 0 aliphatic heterocycles. The van der Waals surface area contributed by atoms with Crippen LogP contribution < -0.4 is 0 Å². The molecule has 3 aliphatic rings. The Bertz CT molecular complexity index is 923. The van der Waals surface area contributed by atoms with Gasteiger partial charge in [-0.25, -0.2) is 0 Å². The Morgan fingerprint density at radius 3 is 2.31 bits per heavy atom. The number of carbonyl (C=O) groups is 3. The average Bonchev–Trinajstić information content (AvgIpc) is 3.11. The van der Waals surface area contributed by atoms with Gasteiger partial charge >= 0.3 is 11.9 Å². The molecule has 2 fully saturated rings. The van der Waals surface area contributed by atoms with Crippen LogP contribution in [-0.4, -0.2) is 40.6 Å². The Morgan fingerprint density at radius 1 is 1.14 bits per heavy atom. The van der Waals surface area contributed by atoms with Gasteiger partial charge in [-0.15, -0.1) is 0 Å². The molecule has 2 saturated carbocycles. The maximum absolute atomic E-state index is 12.3. The van der Waals surface area contributed by atoms with Crippen molar-refractivity contribution in [2.24, 2.45) is 17.3 Å². The van der Waals surface area contributed by atoms with Gasteiger partial charge in [0.15, 0.2) is 5.78 Å². The number of hydrogen-bond acceptors (Lipinski definition) is 6. The van der Waals surface area contributed by atoms with Gasteiger partial charge in [0, 0.05) is 39.5 Å². The number of esters is 2. The normalized spacial score (nSPS) is 30.3. The first-order chi connectivity index (χ1) is 16.8. The highest BCUT2D eigenvalue weighted by atomic mass is 16.6. The Balaban J connectivity index is 1.72. The lowest BCUT2D eigenvalue weighted by Crippen LogP contribution is -2.34. The molecule has 0 aromatic carbocycles. The Labute approximate surface area is 216 Å². The van der Waals surface area contributed by atoms with Crippen molar-refractivity contribution in [1.82, 2.24) is 0 Å². The smallest absolute Gasteiger partial charge is 0.302 e. The summed E-state index contributed by atoms with van der Waals surface area (Å²) in [6, 6.07) is 0. The van der Waals surface area contributed by atoms with E-state index in [1.54, 1.807) is 13.8 Å². The summed E-state index contributed by atoms with van der Waals surface area (Å²) >= 11 is 0. The Kier molecular flexibility index (Phi) is 9.02. The van der Waals surface area contributed by atoms with Crippen molar-refractivity contribution < 1.29 is 29.0 Å². The summed E-state index contributed by atoms with van der Waals surface area (Å²) in [5.74, 6) is 0.0235. The second kappa shape index (κ2) is 11.5. The standard InChI is InChI=1S/C30H44O6/c1-19(9-14-28(33)29(4,5)34)26-12-13-27-23(8-7-15-30(26,27)6)11-10-22-16-24(35-20(2)31)18-25(17-22)36-21(3)32/h10-12,19,24-25,27,34H,7-9,13-18H2,1-6H3/t19-,24-,25-,27?,30-/m1/s1. The van der Waals surface area contributed by atoms with Crippen molar-refractivity contribution in [1.29, 1.82) is 0 Å². The van der Waals surface area contributed by atoms with Crippen LogP contribution in [0.3, 0.4) is 0 Å². The van der Waals surface area contributed by atoms with Crippen LogP contribution in [0.2, 0.25) is 0 Å². The highest BCUT2D eigenvalue weighted by molar-refractivity contribution is 5.86. The SMILES string of the molecule is CC(=O)O[C@@H]1CC(=CC=C2CCC[C@]3(C)C([C@H](C)CCC(=O)C(C)(C)O)=CCC23)C[C@@H](OC(C)=O)C1. The lowest BCUT2D eigenvalue weighted by Gasteiger charge is -2.42. The highest BCUT2D eigenvalue weighted by Gasteiger charge is 2.46. The van der Waals surface area contributed by atoms with E-state index in [2.05, 4.69) is 32.1 Å². The van der Waals surface area contributed by atoms with Crippen LogP contribution in [0, 0.1) is 17.3 Å². The number of aliphatic hydroxyl groups is 1. The molecule has 3 rings (SSSR count). The topological polar surface area (TPSA) is 89.9 Å². The Morgan fingerprint density at radius 2 is 1.75 bits per heavy atom. The highest BCUT2D eigenvalue weighted by Crippen LogP contribution is 2.57. The van der Waals surface area contributed by atoms with Gasteiger partial charge in [-0.05, 0) is 63.2 Å². The van der Waals surface area contributed by atoms with E-state index in [1.165, 1.54) is 25.0 Å². The van der Waals surface area contributed by atoms with Gasteiger partial charge < -0.3 is 14.6 Å². The van der Waals surface area contributed by atoms with Crippen molar-refractivity contribution in [3.05, 3.63) is 34.9 Å². The lowest BCUT2D eigenvalue weighted by atomic mass is 9.62. The zero-order chi connectivity index (χ0) is 26.7. The van der Waals surface area contributed by atoms with Gasteiger partial charge in [-0.1, -0.05) is 48.8 Å². The first-order valence-electron chi connectivity index (χ1n) is 13.5. The number of carbonyl (C=O) groups excluding carboxylic acids is 3. The lowest BCUT2D eigenvalue weighted by molar-refractivity contribution is -0.154. The van der Waals surface area contributed by atoms with Crippen molar-refractivity contribution >= 4 is 17.7 Å². The van der Waals surface area contributed by atoms with Crippen LogP contribution in [-0.2, 0) is 23.9 Å². The fourth-order valence-electron chi connectivity index (χ4n) is 6.56. The molecule has 1 unspecified atom stereocenters. The number of allylic oxidation sites excluding steroid dienone is 5. The average molecular weight is 501 g/mol. The summed E-state index contributed by atoms with van der Waals surface area (Å²) in [6.45, 7) is 10.5. The minimum Gasteiger partial charge on any atom is -0.462 e. The predicted molar refractivity (Wildman–Crippen MR) is 139 cm³/mol. The minimum atomic E-state index is -1.27. The first kappa shape index (κ1) is 28.4. The second-order valence-corrected chi connectivity index (χ2v) is 11.8. The Hall–Kier alpha value is -2.21. The molecule has 0 spiro atoms. The monoisotopic (exact) mass is 500 g/mol. The molecule has 5 atom stereocenters. The van der Waals surface area contributed by atoms with Crippen LogP contribution in [0.5, 0.6) is 0 Å². The molecule has 0 bridgehead atoms. The van der Waals surface area contributed by atoms with Crippen molar-refractivity contribution in [3.8, 4) is 0 Å². The number of hydrogen-bond donors (Lipinski definition) is 1. The molecular weight excluding hydrogens is 456 g/mol. The van der Waals surface area contributed by atoms with E-state index in [-0.39, 0.29) is 35.3 Å². The number of ether oxygens (including phenoxy) is 2. The van der Waals surface area contributed by atoms with Crippen LogP contribution in [0.25, 0.3) is 0 Å². The maximum atomic E-state index is 12.3. The maximum Gasteiger partial charge on any atom is 0.302 e. The van der Waals surface area contributed by atoms with E-state index in [9.17, 15) is 19.5 Å². The van der Waals surface area contributed by atoms with Crippen LogP contribution in [0.15, 0.2) is 34.9 Å². The predicted octanol–water partition coefficient (Wildman–Crippen LogP) is 5.78. The van der Waals surface area contributed by atoms with E-state index in [0.29, 0.717) is 37.5 Å². The number of Topliss-reactive ketones (excluding diaryl/α,β-unsaturated/α-hetero) is 1. The molecule has 6 nitrogen and oxygen atoms in total. The second-order valence-electron chi connectivity index (χ2n) is 11.8. The van der Waals surface area contributed by atoms with Crippen molar-refractivity contribution in [2.75, 3.05) is 0 Å². The number of ketones is 1. The summed E-state index contributed by atoms with van der Waals surface area (Å²) in [7, 11) is 0. The van der Waals surface area contributed by atoms with E-state index < -0.39 is 5.60 Å². The van der Waals surface area contributed by atoms with Gasteiger partial charge in [-0.3, -0.25) is 14.4 Å². The van der Waals surface area contributed by atoms with Gasteiger partial charge in [-0.2, -0.15) is 0 Å². The zero-order valence-electron chi connectivity index (χ0n) is 22.9. The van der Waals surface area contributed by atoms with Crippen LogP contribution in [0.4, 0.5) is 0 Å². The molecular formula is C30H44O6. The number of rotatable bonds is 8. The van der Waals surface area contributed by atoms with E-state index in [4.69, 9.17) is 9.47 Å². The van der Waals surface area contributed by atoms with E-state index >= 15 is 0 Å². The molecule has 200 valence electrons. The molecule has 6 heteroatoms. The van der Waals surface area contributed by atoms with E-state index in [0.717, 1.165) is 37.7 Å². The van der Waals surface area contributed by atoms with Gasteiger partial charge in [0.2, 0.25) is 0 Å². The summed E-state index contributed by atoms with van der Waals surface area (Å²) in [5, 5.41) is 10.00. The summed E-state index contributed by atoms with van der Waals surface area (Å²) in [4.78, 5) is 35.3. The molecule has 0 heterocycles. The molecule has 36 heavy (non-hydrogen) atoms. The molecule has 1 N–H and O–H groups in total. The van der Waals surface area contributed by atoms with Crippen molar-refractivity contribution in [3.63, 3.8) is 0 Å². The fourth-order valence-corrected chi connectivity index (χ4v) is 6.56. The summed E-state index contributed by atoms with van der Waals surface area (Å²) in [5.41, 5.74) is 2.86. The van der Waals surface area contributed by atoms with Crippen LogP contribution in [0.1, 0.15) is 99.3 Å². The molecule has 0 saturated heterocycles.